The van der Waals surface area contributed by atoms with Gasteiger partial charge in [-0.1, -0.05) is 17.7 Å². The summed E-state index contributed by atoms with van der Waals surface area (Å²) in [6, 6.07) is 16.7. The van der Waals surface area contributed by atoms with E-state index in [4.69, 9.17) is 11.6 Å². The molecule has 3 nitrogen and oxygen atoms in total. The third-order valence-corrected chi connectivity index (χ3v) is 3.89. The number of aliphatic imine (C=N–C) groups is 1. The van der Waals surface area contributed by atoms with Crippen LogP contribution >= 0.6 is 11.6 Å². The van der Waals surface area contributed by atoms with Crippen LogP contribution in [-0.2, 0) is 0 Å². The Hall–Kier alpha value is -2.52. The molecule has 0 fully saturated rings. The van der Waals surface area contributed by atoms with Crippen molar-refractivity contribution >= 4 is 23.5 Å². The topological polar surface area (TPSA) is 37.5 Å². The predicted molar refractivity (Wildman–Crippen MR) is 90.9 cm³/mol. The van der Waals surface area contributed by atoms with E-state index in [1.807, 2.05) is 66.4 Å². The molecule has 22 heavy (non-hydrogen) atoms. The predicted octanol–water partition coefficient (Wildman–Crippen LogP) is 4.90. The molecule has 1 N–H and O–H groups in total. The molecule has 0 aliphatic rings. The van der Waals surface area contributed by atoms with Crippen LogP contribution in [-0.4, -0.2) is 15.9 Å². The number of halogens is 1. The summed E-state index contributed by atoms with van der Waals surface area (Å²) in [6.07, 6.45) is 3.77. The highest BCUT2D eigenvalue weighted by Crippen LogP contribution is 2.25. The molecule has 2 aromatic carbocycles. The molecule has 3 aromatic rings. The van der Waals surface area contributed by atoms with Crippen molar-refractivity contribution in [3.63, 3.8) is 0 Å². The number of hydrogen-bond donors (Lipinski definition) is 1. The number of aromatic nitrogens is 1. The largest absolute Gasteiger partial charge is 0.508 e. The van der Waals surface area contributed by atoms with Crippen LogP contribution in [0.1, 0.15) is 11.3 Å². The molecule has 3 rings (SSSR count). The summed E-state index contributed by atoms with van der Waals surface area (Å²) in [7, 11) is 0. The summed E-state index contributed by atoms with van der Waals surface area (Å²) in [5.74, 6) is 0.251. The number of phenols is 1. The zero-order valence-electron chi connectivity index (χ0n) is 12.1. The van der Waals surface area contributed by atoms with Gasteiger partial charge in [-0.25, -0.2) is 0 Å². The Labute approximate surface area is 134 Å². The zero-order valence-corrected chi connectivity index (χ0v) is 12.8. The highest BCUT2D eigenvalue weighted by Gasteiger charge is 2.03. The van der Waals surface area contributed by atoms with Gasteiger partial charge < -0.3 is 9.67 Å². The molecule has 1 aromatic heterocycles. The van der Waals surface area contributed by atoms with Crippen molar-refractivity contribution in [1.82, 2.24) is 4.57 Å². The summed E-state index contributed by atoms with van der Waals surface area (Å²) < 4.78 is 2.00. The maximum atomic E-state index is 9.38. The van der Waals surface area contributed by atoms with Gasteiger partial charge in [-0.05, 0) is 61.0 Å². The van der Waals surface area contributed by atoms with Crippen molar-refractivity contribution in [1.29, 1.82) is 0 Å². The van der Waals surface area contributed by atoms with Crippen LogP contribution in [0.15, 0.2) is 65.8 Å². The first-order chi connectivity index (χ1) is 10.6. The van der Waals surface area contributed by atoms with Gasteiger partial charge in [0.15, 0.2) is 0 Å². The minimum atomic E-state index is 0.251. The van der Waals surface area contributed by atoms with E-state index in [2.05, 4.69) is 4.99 Å². The van der Waals surface area contributed by atoms with E-state index in [1.165, 1.54) is 0 Å². The molecule has 0 radical (unpaired) electrons. The van der Waals surface area contributed by atoms with Crippen LogP contribution in [0.2, 0.25) is 5.02 Å². The second-order valence-corrected chi connectivity index (χ2v) is 5.37. The van der Waals surface area contributed by atoms with Crippen LogP contribution in [0, 0.1) is 6.92 Å². The molecule has 0 spiro atoms. The first-order valence-corrected chi connectivity index (χ1v) is 7.29. The lowest BCUT2D eigenvalue weighted by Gasteiger charge is -2.06. The van der Waals surface area contributed by atoms with E-state index in [0.717, 1.165) is 22.6 Å². The number of aromatic hydroxyl groups is 1. The SMILES string of the molecule is Cc1c(Cl)cccc1N=Cc1cccn1-c1ccc(O)cc1. The first kappa shape index (κ1) is 14.4. The standard InChI is InChI=1S/C18H15ClN2O/c1-13-17(19)5-2-6-18(13)20-12-15-4-3-11-21(15)14-7-9-16(22)10-8-14/h2-12,22H,1H3. The van der Waals surface area contributed by atoms with Crippen LogP contribution in [0.25, 0.3) is 5.69 Å². The van der Waals surface area contributed by atoms with Crippen molar-refractivity contribution in [3.8, 4) is 11.4 Å². The molecule has 0 saturated carbocycles. The summed E-state index contributed by atoms with van der Waals surface area (Å²) >= 11 is 6.11. The third-order valence-electron chi connectivity index (χ3n) is 3.48. The number of nitrogens with zero attached hydrogens (tertiary/aromatic N) is 2. The van der Waals surface area contributed by atoms with Crippen LogP contribution in [0.5, 0.6) is 5.75 Å². The summed E-state index contributed by atoms with van der Waals surface area (Å²) in [6.45, 7) is 1.95. The number of hydrogen-bond acceptors (Lipinski definition) is 2. The van der Waals surface area contributed by atoms with Crippen LogP contribution in [0.3, 0.4) is 0 Å². The van der Waals surface area contributed by atoms with Gasteiger partial charge in [0.05, 0.1) is 17.6 Å². The van der Waals surface area contributed by atoms with Crippen molar-refractivity contribution in [2.45, 2.75) is 6.92 Å². The Bertz CT molecular complexity index is 819. The van der Waals surface area contributed by atoms with E-state index in [-0.39, 0.29) is 5.75 Å². The minimum Gasteiger partial charge on any atom is -0.508 e. The molecule has 0 amide bonds. The van der Waals surface area contributed by atoms with Gasteiger partial charge in [-0.2, -0.15) is 0 Å². The normalized spacial score (nSPS) is 11.2. The average molecular weight is 311 g/mol. The molecule has 0 atom stereocenters. The van der Waals surface area contributed by atoms with E-state index in [0.29, 0.717) is 5.02 Å². The quantitative estimate of drug-likeness (QED) is 0.687. The Balaban J connectivity index is 1.94. The molecule has 0 aliphatic heterocycles. The summed E-state index contributed by atoms with van der Waals surface area (Å²) in [5, 5.41) is 10.1. The molecule has 4 heteroatoms. The third kappa shape index (κ3) is 2.90. The molecular formula is C18H15ClN2O. The fourth-order valence-electron chi connectivity index (χ4n) is 2.22. The van der Waals surface area contributed by atoms with Gasteiger partial charge in [-0.15, -0.1) is 0 Å². The molecule has 0 bridgehead atoms. The lowest BCUT2D eigenvalue weighted by molar-refractivity contribution is 0.475. The van der Waals surface area contributed by atoms with Gasteiger partial charge in [-0.3, -0.25) is 4.99 Å². The fraction of sp³-hybridized carbons (Fsp3) is 0.0556. The van der Waals surface area contributed by atoms with Gasteiger partial charge in [0.25, 0.3) is 0 Å². The molecular weight excluding hydrogens is 296 g/mol. The van der Waals surface area contributed by atoms with Gasteiger partial charge in [0.1, 0.15) is 5.75 Å². The van der Waals surface area contributed by atoms with Gasteiger partial charge in [0.2, 0.25) is 0 Å². The summed E-state index contributed by atoms with van der Waals surface area (Å²) in [5.41, 5.74) is 3.73. The second kappa shape index (κ2) is 6.08. The maximum absolute atomic E-state index is 9.38. The second-order valence-electron chi connectivity index (χ2n) is 4.96. The van der Waals surface area contributed by atoms with Gasteiger partial charge >= 0.3 is 0 Å². The Kier molecular flexibility index (Phi) is 3.98. The summed E-state index contributed by atoms with van der Waals surface area (Å²) in [4.78, 5) is 4.53. The van der Waals surface area contributed by atoms with Crippen molar-refractivity contribution in [2.24, 2.45) is 4.99 Å². The van der Waals surface area contributed by atoms with E-state index in [1.54, 1.807) is 12.1 Å². The number of benzene rings is 2. The Morgan fingerprint density at radius 3 is 2.59 bits per heavy atom. The lowest BCUT2D eigenvalue weighted by atomic mass is 10.2. The van der Waals surface area contributed by atoms with Crippen molar-refractivity contribution < 1.29 is 5.11 Å². The highest BCUT2D eigenvalue weighted by molar-refractivity contribution is 6.31. The number of rotatable bonds is 3. The molecule has 1 heterocycles. The van der Waals surface area contributed by atoms with Crippen molar-refractivity contribution in [3.05, 3.63) is 77.1 Å². The van der Waals surface area contributed by atoms with E-state index >= 15 is 0 Å². The Morgan fingerprint density at radius 2 is 1.82 bits per heavy atom. The zero-order chi connectivity index (χ0) is 15.5. The lowest BCUT2D eigenvalue weighted by Crippen LogP contribution is -1.97. The monoisotopic (exact) mass is 310 g/mol. The smallest absolute Gasteiger partial charge is 0.115 e. The minimum absolute atomic E-state index is 0.251. The maximum Gasteiger partial charge on any atom is 0.115 e. The van der Waals surface area contributed by atoms with Crippen LogP contribution < -0.4 is 0 Å². The molecule has 0 aliphatic carbocycles. The molecule has 0 unspecified atom stereocenters. The Morgan fingerprint density at radius 1 is 1.05 bits per heavy atom. The first-order valence-electron chi connectivity index (χ1n) is 6.91. The average Bonchev–Trinajstić information content (AvgIpc) is 2.98. The van der Waals surface area contributed by atoms with Crippen LogP contribution in [0.4, 0.5) is 5.69 Å². The number of phenolic OH excluding ortho intramolecular Hbond substituents is 1. The fourth-order valence-corrected chi connectivity index (χ4v) is 2.39. The van der Waals surface area contributed by atoms with Gasteiger partial charge in [0, 0.05) is 16.9 Å². The van der Waals surface area contributed by atoms with E-state index < -0.39 is 0 Å². The van der Waals surface area contributed by atoms with E-state index in [9.17, 15) is 5.11 Å². The molecule has 110 valence electrons. The highest BCUT2D eigenvalue weighted by atomic mass is 35.5. The molecule has 0 saturated heterocycles. The van der Waals surface area contributed by atoms with Crippen molar-refractivity contribution in [2.75, 3.05) is 0 Å².